The normalized spacial score (nSPS) is 11.4. The summed E-state index contributed by atoms with van der Waals surface area (Å²) in [7, 11) is -1.73. The van der Waals surface area contributed by atoms with Gasteiger partial charge < -0.3 is 9.32 Å². The maximum atomic E-state index is 11.2. The average molecular weight is 358 g/mol. The van der Waals surface area contributed by atoms with E-state index in [4.69, 9.17) is 9.56 Å². The van der Waals surface area contributed by atoms with E-state index in [9.17, 15) is 8.42 Å². The van der Waals surface area contributed by atoms with Crippen LogP contribution in [-0.2, 0) is 22.3 Å². The zero-order chi connectivity index (χ0) is 17.9. The van der Waals surface area contributed by atoms with E-state index in [1.807, 2.05) is 43.4 Å². The quantitative estimate of drug-likeness (QED) is 0.724. The van der Waals surface area contributed by atoms with Crippen molar-refractivity contribution in [3.63, 3.8) is 0 Å². The van der Waals surface area contributed by atoms with Gasteiger partial charge in [-0.2, -0.15) is 0 Å². The van der Waals surface area contributed by atoms with Crippen molar-refractivity contribution in [3.05, 3.63) is 65.7 Å². The second-order valence-electron chi connectivity index (χ2n) is 5.74. The van der Waals surface area contributed by atoms with Crippen LogP contribution in [0.4, 0.5) is 6.01 Å². The number of hydrogen-bond acceptors (Lipinski definition) is 6. The monoisotopic (exact) mass is 358 g/mol. The van der Waals surface area contributed by atoms with Gasteiger partial charge in [0, 0.05) is 19.2 Å². The molecule has 0 aliphatic rings. The molecule has 0 unspecified atom stereocenters. The summed E-state index contributed by atoms with van der Waals surface area (Å²) in [5, 5.41) is 13.2. The van der Waals surface area contributed by atoms with E-state index in [1.165, 1.54) is 0 Å². The Balaban J connectivity index is 1.74. The van der Waals surface area contributed by atoms with Gasteiger partial charge in [-0.15, -0.1) is 5.10 Å². The van der Waals surface area contributed by atoms with Gasteiger partial charge in [0.25, 0.3) is 0 Å². The fourth-order valence-electron chi connectivity index (χ4n) is 2.46. The van der Waals surface area contributed by atoms with Crippen LogP contribution in [0.3, 0.4) is 0 Å². The van der Waals surface area contributed by atoms with Gasteiger partial charge in [-0.25, -0.2) is 13.6 Å². The maximum Gasteiger partial charge on any atom is 0.318 e. The summed E-state index contributed by atoms with van der Waals surface area (Å²) in [5.41, 5.74) is 2.41. The van der Waals surface area contributed by atoms with Crippen molar-refractivity contribution in [3.8, 4) is 11.5 Å². The molecule has 0 aliphatic carbocycles. The summed E-state index contributed by atoms with van der Waals surface area (Å²) >= 11 is 0. The first-order chi connectivity index (χ1) is 11.9. The van der Waals surface area contributed by atoms with Crippen LogP contribution in [-0.4, -0.2) is 25.7 Å². The molecule has 7 nitrogen and oxygen atoms in total. The molecule has 0 fully saturated rings. The lowest BCUT2D eigenvalue weighted by molar-refractivity contribution is 0.555. The fourth-order valence-corrected chi connectivity index (χ4v) is 3.10. The van der Waals surface area contributed by atoms with E-state index in [0.717, 1.165) is 11.1 Å². The van der Waals surface area contributed by atoms with Crippen molar-refractivity contribution in [2.75, 3.05) is 11.9 Å². The molecule has 0 saturated carbocycles. The first kappa shape index (κ1) is 17.1. The molecule has 0 atom stereocenters. The molecule has 0 saturated heterocycles. The second kappa shape index (κ2) is 7.04. The average Bonchev–Trinajstić information content (AvgIpc) is 3.04. The van der Waals surface area contributed by atoms with Gasteiger partial charge in [0.05, 0.1) is 5.75 Å². The lowest BCUT2D eigenvalue weighted by atomic mass is 10.1. The summed E-state index contributed by atoms with van der Waals surface area (Å²) in [6, 6.07) is 17.1. The highest BCUT2D eigenvalue weighted by Crippen LogP contribution is 2.22. The van der Waals surface area contributed by atoms with Crippen molar-refractivity contribution in [1.29, 1.82) is 0 Å². The molecule has 0 bridgehead atoms. The zero-order valence-electron chi connectivity index (χ0n) is 13.7. The maximum absolute atomic E-state index is 11.2. The Morgan fingerprint density at radius 3 is 2.48 bits per heavy atom. The number of sulfonamides is 1. The lowest BCUT2D eigenvalue weighted by Crippen LogP contribution is -2.17. The van der Waals surface area contributed by atoms with Gasteiger partial charge in [-0.1, -0.05) is 47.6 Å². The Morgan fingerprint density at radius 2 is 1.76 bits per heavy atom. The number of hydrogen-bond donors (Lipinski definition) is 1. The minimum Gasteiger partial charge on any atom is -0.403 e. The number of nitrogens with two attached hydrogens (primary N) is 1. The first-order valence-electron chi connectivity index (χ1n) is 7.59. The Hall–Kier alpha value is -2.71. The predicted molar refractivity (Wildman–Crippen MR) is 95.1 cm³/mol. The molecule has 0 aliphatic heterocycles. The summed E-state index contributed by atoms with van der Waals surface area (Å²) in [6.45, 7) is 0.495. The summed E-state index contributed by atoms with van der Waals surface area (Å²) < 4.78 is 28.2. The molecular weight excluding hydrogens is 340 g/mol. The van der Waals surface area contributed by atoms with E-state index in [-0.39, 0.29) is 5.75 Å². The number of benzene rings is 2. The summed E-state index contributed by atoms with van der Waals surface area (Å²) in [5.74, 6) is 0.258. The molecule has 3 rings (SSSR count). The Morgan fingerprint density at radius 1 is 1.04 bits per heavy atom. The fraction of sp³-hybridized carbons (Fsp3) is 0.176. The molecule has 1 heterocycles. The van der Waals surface area contributed by atoms with Crippen LogP contribution in [0.15, 0.2) is 59.0 Å². The van der Waals surface area contributed by atoms with Crippen molar-refractivity contribution < 1.29 is 12.8 Å². The van der Waals surface area contributed by atoms with Crippen LogP contribution in [0.25, 0.3) is 11.5 Å². The van der Waals surface area contributed by atoms with Crippen LogP contribution < -0.4 is 10.0 Å². The third kappa shape index (κ3) is 4.65. The van der Waals surface area contributed by atoms with Crippen LogP contribution in [0, 0.1) is 0 Å². The minimum atomic E-state index is -3.56. The summed E-state index contributed by atoms with van der Waals surface area (Å²) in [6.07, 6.45) is 0. The lowest BCUT2D eigenvalue weighted by Gasteiger charge is -2.14. The van der Waals surface area contributed by atoms with E-state index in [0.29, 0.717) is 24.0 Å². The van der Waals surface area contributed by atoms with Crippen LogP contribution in [0.1, 0.15) is 11.1 Å². The first-order valence-corrected chi connectivity index (χ1v) is 9.30. The minimum absolute atomic E-state index is 0.191. The number of anilines is 1. The number of primary sulfonamides is 1. The topological polar surface area (TPSA) is 102 Å². The van der Waals surface area contributed by atoms with E-state index >= 15 is 0 Å². The van der Waals surface area contributed by atoms with Gasteiger partial charge in [0.2, 0.25) is 15.9 Å². The number of aromatic nitrogens is 2. The molecular formula is C17H18N4O3S. The highest BCUT2D eigenvalue weighted by Gasteiger charge is 2.13. The van der Waals surface area contributed by atoms with Crippen LogP contribution in [0.2, 0.25) is 0 Å². The zero-order valence-corrected chi connectivity index (χ0v) is 14.5. The SMILES string of the molecule is CN(Cc1cccc(CS(N)(=O)=O)c1)c1nnc(-c2ccccc2)o1. The van der Waals surface area contributed by atoms with Crippen LogP contribution >= 0.6 is 0 Å². The van der Waals surface area contributed by atoms with Gasteiger partial charge >= 0.3 is 6.01 Å². The van der Waals surface area contributed by atoms with Crippen molar-refractivity contribution >= 4 is 16.0 Å². The third-order valence-electron chi connectivity index (χ3n) is 3.54. The molecule has 1 aromatic heterocycles. The van der Waals surface area contributed by atoms with Gasteiger partial charge in [-0.3, -0.25) is 0 Å². The Kier molecular flexibility index (Phi) is 4.82. The standard InChI is InChI=1S/C17H18N4O3S/c1-21(11-13-6-5-7-14(10-13)12-25(18,22)23)17-20-19-16(24-17)15-8-3-2-4-9-15/h2-10H,11-12H2,1H3,(H2,18,22,23). The van der Waals surface area contributed by atoms with Gasteiger partial charge in [0.1, 0.15) is 0 Å². The Bertz CT molecular complexity index is 955. The van der Waals surface area contributed by atoms with E-state index < -0.39 is 10.0 Å². The molecule has 8 heteroatoms. The predicted octanol–water partition coefficient (Wildman–Crippen LogP) is 2.16. The van der Waals surface area contributed by atoms with Gasteiger partial charge in [0.15, 0.2) is 0 Å². The molecule has 3 aromatic rings. The van der Waals surface area contributed by atoms with Gasteiger partial charge in [-0.05, 0) is 23.3 Å². The molecule has 2 N–H and O–H groups in total. The van der Waals surface area contributed by atoms with Crippen molar-refractivity contribution in [2.24, 2.45) is 5.14 Å². The van der Waals surface area contributed by atoms with E-state index in [2.05, 4.69) is 10.2 Å². The molecule has 130 valence electrons. The second-order valence-corrected chi connectivity index (χ2v) is 7.35. The molecule has 0 amide bonds. The van der Waals surface area contributed by atoms with Crippen molar-refractivity contribution in [1.82, 2.24) is 10.2 Å². The largest absolute Gasteiger partial charge is 0.403 e. The molecule has 25 heavy (non-hydrogen) atoms. The van der Waals surface area contributed by atoms with Crippen LogP contribution in [0.5, 0.6) is 0 Å². The third-order valence-corrected chi connectivity index (χ3v) is 4.28. The van der Waals surface area contributed by atoms with E-state index in [1.54, 1.807) is 23.1 Å². The number of nitrogens with zero attached hydrogens (tertiary/aromatic N) is 3. The smallest absolute Gasteiger partial charge is 0.318 e. The Labute approximate surface area is 146 Å². The molecule has 0 spiro atoms. The molecule has 0 radical (unpaired) electrons. The van der Waals surface area contributed by atoms with Crippen molar-refractivity contribution in [2.45, 2.75) is 12.3 Å². The highest BCUT2D eigenvalue weighted by atomic mass is 32.2. The number of rotatable bonds is 6. The highest BCUT2D eigenvalue weighted by molar-refractivity contribution is 7.88. The molecule has 2 aromatic carbocycles. The summed E-state index contributed by atoms with van der Waals surface area (Å²) in [4.78, 5) is 1.80.